The minimum Gasteiger partial charge on any atom is -0.494 e. The second-order valence-corrected chi connectivity index (χ2v) is 4.49. The maximum absolute atomic E-state index is 12.2. The van der Waals surface area contributed by atoms with Crippen LogP contribution < -0.4 is 10.5 Å². The SMILES string of the molecule is COc1cccnc1C(=O)c1csc(CCN)n1. The molecule has 0 unspecified atom stereocenters. The Balaban J connectivity index is 2.29. The van der Waals surface area contributed by atoms with E-state index in [9.17, 15) is 4.79 Å². The molecular weight excluding hydrogens is 250 g/mol. The quantitative estimate of drug-likeness (QED) is 0.822. The molecule has 2 rings (SSSR count). The van der Waals surface area contributed by atoms with Crippen molar-refractivity contribution in [2.24, 2.45) is 5.73 Å². The maximum atomic E-state index is 12.2. The molecule has 2 heterocycles. The van der Waals surface area contributed by atoms with Gasteiger partial charge in [0.05, 0.1) is 12.1 Å². The van der Waals surface area contributed by atoms with Crippen LogP contribution in [0, 0.1) is 0 Å². The number of hydrogen-bond acceptors (Lipinski definition) is 6. The number of nitrogens with zero attached hydrogens (tertiary/aromatic N) is 2. The normalized spacial score (nSPS) is 10.3. The van der Waals surface area contributed by atoms with Crippen molar-refractivity contribution in [2.45, 2.75) is 6.42 Å². The number of ether oxygens (including phenoxy) is 1. The van der Waals surface area contributed by atoms with Crippen LogP contribution in [0.15, 0.2) is 23.7 Å². The zero-order chi connectivity index (χ0) is 13.0. The van der Waals surface area contributed by atoms with E-state index in [1.165, 1.54) is 18.4 Å². The van der Waals surface area contributed by atoms with Crippen LogP contribution in [0.5, 0.6) is 5.75 Å². The van der Waals surface area contributed by atoms with Crippen molar-refractivity contribution in [2.75, 3.05) is 13.7 Å². The van der Waals surface area contributed by atoms with Gasteiger partial charge in [-0.15, -0.1) is 11.3 Å². The first-order chi connectivity index (χ1) is 8.76. The van der Waals surface area contributed by atoms with Gasteiger partial charge in [-0.05, 0) is 18.7 Å². The van der Waals surface area contributed by atoms with E-state index in [2.05, 4.69) is 9.97 Å². The Kier molecular flexibility index (Phi) is 4.01. The zero-order valence-corrected chi connectivity index (χ0v) is 10.7. The van der Waals surface area contributed by atoms with Crippen LogP contribution in [0.25, 0.3) is 0 Å². The van der Waals surface area contributed by atoms with Gasteiger partial charge in [0, 0.05) is 18.0 Å². The third-order valence-corrected chi connectivity index (χ3v) is 3.26. The molecule has 6 heteroatoms. The Labute approximate surface area is 109 Å². The van der Waals surface area contributed by atoms with Gasteiger partial charge in [-0.25, -0.2) is 9.97 Å². The molecule has 0 spiro atoms. The van der Waals surface area contributed by atoms with E-state index in [1.54, 1.807) is 23.7 Å². The fraction of sp³-hybridized carbons (Fsp3) is 0.250. The summed E-state index contributed by atoms with van der Waals surface area (Å²) in [6.07, 6.45) is 2.24. The smallest absolute Gasteiger partial charge is 0.234 e. The van der Waals surface area contributed by atoms with Gasteiger partial charge < -0.3 is 10.5 Å². The number of hydrogen-bond donors (Lipinski definition) is 1. The van der Waals surface area contributed by atoms with Gasteiger partial charge in [0.25, 0.3) is 0 Å². The van der Waals surface area contributed by atoms with E-state index in [4.69, 9.17) is 10.5 Å². The van der Waals surface area contributed by atoms with E-state index >= 15 is 0 Å². The molecule has 0 aliphatic rings. The second kappa shape index (κ2) is 5.70. The summed E-state index contributed by atoms with van der Waals surface area (Å²) in [5.74, 6) is 0.225. The Morgan fingerprint density at radius 3 is 3.11 bits per heavy atom. The van der Waals surface area contributed by atoms with Crippen molar-refractivity contribution in [3.8, 4) is 5.75 Å². The molecule has 0 radical (unpaired) electrons. The number of carbonyl (C=O) groups is 1. The summed E-state index contributed by atoms with van der Waals surface area (Å²) < 4.78 is 5.11. The molecule has 0 aromatic carbocycles. The molecule has 2 aromatic heterocycles. The molecule has 0 atom stereocenters. The summed E-state index contributed by atoms with van der Waals surface area (Å²) in [6.45, 7) is 0.522. The second-order valence-electron chi connectivity index (χ2n) is 3.55. The van der Waals surface area contributed by atoms with Crippen LogP contribution in [0.4, 0.5) is 0 Å². The average Bonchev–Trinajstić information content (AvgIpc) is 2.87. The number of nitrogens with two attached hydrogens (primary N) is 1. The zero-order valence-electron chi connectivity index (χ0n) is 9.92. The lowest BCUT2D eigenvalue weighted by Gasteiger charge is -2.03. The van der Waals surface area contributed by atoms with Crippen molar-refractivity contribution in [1.82, 2.24) is 9.97 Å². The lowest BCUT2D eigenvalue weighted by Crippen LogP contribution is -2.08. The molecule has 0 aliphatic carbocycles. The van der Waals surface area contributed by atoms with Crippen LogP contribution in [0.3, 0.4) is 0 Å². The monoisotopic (exact) mass is 263 g/mol. The molecule has 0 saturated heterocycles. The van der Waals surface area contributed by atoms with E-state index in [1.807, 2.05) is 0 Å². The molecule has 0 saturated carbocycles. The lowest BCUT2D eigenvalue weighted by atomic mass is 10.2. The van der Waals surface area contributed by atoms with Crippen molar-refractivity contribution in [3.63, 3.8) is 0 Å². The Bertz CT molecular complexity index is 554. The molecule has 0 aliphatic heterocycles. The predicted molar refractivity (Wildman–Crippen MR) is 69.1 cm³/mol. The van der Waals surface area contributed by atoms with E-state index in [-0.39, 0.29) is 11.5 Å². The first-order valence-electron chi connectivity index (χ1n) is 5.44. The van der Waals surface area contributed by atoms with Gasteiger partial charge in [-0.3, -0.25) is 4.79 Å². The van der Waals surface area contributed by atoms with Crippen molar-refractivity contribution in [1.29, 1.82) is 0 Å². The number of methoxy groups -OCH3 is 1. The number of carbonyl (C=O) groups excluding carboxylic acids is 1. The molecule has 94 valence electrons. The van der Waals surface area contributed by atoms with Crippen LogP contribution in [-0.2, 0) is 6.42 Å². The first-order valence-corrected chi connectivity index (χ1v) is 6.32. The largest absolute Gasteiger partial charge is 0.494 e. The third-order valence-electron chi connectivity index (χ3n) is 2.35. The van der Waals surface area contributed by atoms with Crippen LogP contribution in [-0.4, -0.2) is 29.4 Å². The number of pyridine rings is 1. The number of ketones is 1. The van der Waals surface area contributed by atoms with Crippen molar-refractivity contribution >= 4 is 17.1 Å². The van der Waals surface area contributed by atoms with Gasteiger partial charge in [0.2, 0.25) is 5.78 Å². The highest BCUT2D eigenvalue weighted by Gasteiger charge is 2.18. The van der Waals surface area contributed by atoms with Gasteiger partial charge >= 0.3 is 0 Å². The molecular formula is C12H13N3O2S. The van der Waals surface area contributed by atoms with Crippen LogP contribution >= 0.6 is 11.3 Å². The van der Waals surface area contributed by atoms with E-state index in [0.29, 0.717) is 24.4 Å². The molecule has 0 amide bonds. The van der Waals surface area contributed by atoms with Gasteiger partial charge in [0.15, 0.2) is 5.69 Å². The summed E-state index contributed by atoms with van der Waals surface area (Å²) in [6, 6.07) is 3.42. The lowest BCUT2D eigenvalue weighted by molar-refractivity contribution is 0.102. The minimum absolute atomic E-state index is 0.230. The minimum atomic E-state index is -0.230. The number of aromatic nitrogens is 2. The fourth-order valence-electron chi connectivity index (χ4n) is 1.50. The summed E-state index contributed by atoms with van der Waals surface area (Å²) >= 11 is 1.43. The Morgan fingerprint density at radius 2 is 2.39 bits per heavy atom. The topological polar surface area (TPSA) is 78.1 Å². The first kappa shape index (κ1) is 12.7. The van der Waals surface area contributed by atoms with Gasteiger partial charge in [-0.2, -0.15) is 0 Å². The number of rotatable bonds is 5. The summed E-state index contributed by atoms with van der Waals surface area (Å²) in [5, 5.41) is 2.58. The molecule has 18 heavy (non-hydrogen) atoms. The van der Waals surface area contributed by atoms with E-state index in [0.717, 1.165) is 5.01 Å². The molecule has 0 bridgehead atoms. The Hall–Kier alpha value is -1.79. The summed E-state index contributed by atoms with van der Waals surface area (Å²) in [4.78, 5) is 20.5. The summed E-state index contributed by atoms with van der Waals surface area (Å²) in [5.41, 5.74) is 6.12. The highest BCUT2D eigenvalue weighted by atomic mass is 32.1. The fourth-order valence-corrected chi connectivity index (χ4v) is 2.29. The highest BCUT2D eigenvalue weighted by Crippen LogP contribution is 2.20. The molecule has 0 fully saturated rings. The average molecular weight is 263 g/mol. The predicted octanol–water partition coefficient (Wildman–Crippen LogP) is 1.28. The molecule has 2 N–H and O–H groups in total. The molecule has 5 nitrogen and oxygen atoms in total. The summed E-state index contributed by atoms with van der Waals surface area (Å²) in [7, 11) is 1.51. The highest BCUT2D eigenvalue weighted by molar-refractivity contribution is 7.09. The van der Waals surface area contributed by atoms with Gasteiger partial charge in [0.1, 0.15) is 11.4 Å². The Morgan fingerprint density at radius 1 is 1.56 bits per heavy atom. The molecule has 2 aromatic rings. The van der Waals surface area contributed by atoms with Crippen LogP contribution in [0.2, 0.25) is 0 Å². The standard InChI is InChI=1S/C12H13N3O2S/c1-17-9-3-2-6-14-11(9)12(16)8-7-18-10(15-8)4-5-13/h2-3,6-7H,4-5,13H2,1H3. The van der Waals surface area contributed by atoms with Gasteiger partial charge in [-0.1, -0.05) is 0 Å². The third kappa shape index (κ3) is 2.55. The number of thiazole rings is 1. The maximum Gasteiger partial charge on any atom is 0.234 e. The van der Waals surface area contributed by atoms with E-state index < -0.39 is 0 Å². The van der Waals surface area contributed by atoms with Crippen molar-refractivity contribution < 1.29 is 9.53 Å². The van der Waals surface area contributed by atoms with Crippen LogP contribution in [0.1, 0.15) is 21.2 Å². The van der Waals surface area contributed by atoms with Crippen molar-refractivity contribution in [3.05, 3.63) is 40.1 Å².